The molecule has 1 aromatic carbocycles. The van der Waals surface area contributed by atoms with Gasteiger partial charge in [0.2, 0.25) is 0 Å². The van der Waals surface area contributed by atoms with Crippen molar-refractivity contribution in [3.8, 4) is 0 Å². The van der Waals surface area contributed by atoms with Gasteiger partial charge in [0.1, 0.15) is 12.4 Å². The van der Waals surface area contributed by atoms with Gasteiger partial charge in [0, 0.05) is 0 Å². The van der Waals surface area contributed by atoms with Gasteiger partial charge in [0.05, 0.1) is 13.9 Å². The Kier molecular flexibility index (Phi) is 2.39. The standard InChI is InChI=1S/C10H9F3O2/c1-6(15)7-3-2-4-8(9(7)11)10(12,13)5-14/h2-4,14H,5H2,1H3/i5D2. The molecule has 0 aliphatic carbocycles. The molecule has 0 atom stereocenters. The van der Waals surface area contributed by atoms with Crippen LogP contribution >= 0.6 is 0 Å². The minimum Gasteiger partial charge on any atom is -0.390 e. The number of hydrogen-bond acceptors (Lipinski definition) is 2. The van der Waals surface area contributed by atoms with E-state index in [1.54, 1.807) is 0 Å². The number of halogens is 3. The molecule has 0 aromatic heterocycles. The van der Waals surface area contributed by atoms with Crippen LogP contribution in [0.3, 0.4) is 0 Å². The van der Waals surface area contributed by atoms with Crippen LogP contribution in [-0.2, 0) is 5.92 Å². The van der Waals surface area contributed by atoms with E-state index in [0.29, 0.717) is 6.07 Å². The summed E-state index contributed by atoms with van der Waals surface area (Å²) in [6.45, 7) is -2.92. The van der Waals surface area contributed by atoms with E-state index in [9.17, 15) is 18.0 Å². The molecule has 0 heterocycles. The lowest BCUT2D eigenvalue weighted by Crippen LogP contribution is -2.21. The van der Waals surface area contributed by atoms with Gasteiger partial charge < -0.3 is 5.11 Å². The van der Waals surface area contributed by atoms with E-state index >= 15 is 0 Å². The van der Waals surface area contributed by atoms with Gasteiger partial charge in [-0.1, -0.05) is 6.07 Å². The first kappa shape index (κ1) is 8.91. The average molecular weight is 220 g/mol. The van der Waals surface area contributed by atoms with Gasteiger partial charge in [-0.3, -0.25) is 4.79 Å². The minimum atomic E-state index is -4.44. The molecule has 0 radical (unpaired) electrons. The monoisotopic (exact) mass is 220 g/mol. The van der Waals surface area contributed by atoms with Crippen LogP contribution in [0.25, 0.3) is 0 Å². The van der Waals surface area contributed by atoms with Gasteiger partial charge >= 0.3 is 0 Å². The van der Waals surface area contributed by atoms with Crippen molar-refractivity contribution in [1.29, 1.82) is 0 Å². The van der Waals surface area contributed by atoms with Crippen LogP contribution < -0.4 is 0 Å². The highest BCUT2D eigenvalue weighted by Gasteiger charge is 2.34. The van der Waals surface area contributed by atoms with Crippen LogP contribution in [0.2, 0.25) is 0 Å². The van der Waals surface area contributed by atoms with E-state index in [-0.39, 0.29) is 0 Å². The zero-order valence-electron chi connectivity index (χ0n) is 9.72. The Morgan fingerprint density at radius 1 is 1.60 bits per heavy atom. The Bertz CT molecular complexity index is 455. The van der Waals surface area contributed by atoms with Crippen molar-refractivity contribution in [2.45, 2.75) is 12.8 Å². The molecule has 5 heteroatoms. The van der Waals surface area contributed by atoms with E-state index in [2.05, 4.69) is 0 Å². The van der Waals surface area contributed by atoms with Gasteiger partial charge in [0.25, 0.3) is 5.92 Å². The summed E-state index contributed by atoms with van der Waals surface area (Å²) in [5.74, 6) is -6.73. The van der Waals surface area contributed by atoms with E-state index in [1.165, 1.54) is 0 Å². The summed E-state index contributed by atoms with van der Waals surface area (Å²) in [6, 6.07) is 2.62. The molecule has 0 fully saturated rings. The normalized spacial score (nSPS) is 14.5. The molecule has 0 saturated heterocycles. The second-order valence-corrected chi connectivity index (χ2v) is 2.91. The van der Waals surface area contributed by atoms with Crippen LogP contribution in [0.1, 0.15) is 25.6 Å². The fourth-order valence-electron chi connectivity index (χ4n) is 1.11. The Morgan fingerprint density at radius 2 is 2.20 bits per heavy atom. The van der Waals surface area contributed by atoms with E-state index in [0.717, 1.165) is 19.1 Å². The zero-order chi connectivity index (χ0) is 13.4. The van der Waals surface area contributed by atoms with Crippen molar-refractivity contribution in [3.05, 3.63) is 35.1 Å². The van der Waals surface area contributed by atoms with Crippen molar-refractivity contribution in [2.24, 2.45) is 0 Å². The maximum Gasteiger partial charge on any atom is 0.298 e. The van der Waals surface area contributed by atoms with Crippen molar-refractivity contribution >= 4 is 5.78 Å². The number of benzene rings is 1. The summed E-state index contributed by atoms with van der Waals surface area (Å²) in [6.07, 6.45) is 0. The molecule has 2 nitrogen and oxygen atoms in total. The number of ketones is 1. The number of carbonyl (C=O) groups is 1. The molecule has 0 spiro atoms. The molecule has 0 aliphatic rings. The Morgan fingerprint density at radius 3 is 2.67 bits per heavy atom. The van der Waals surface area contributed by atoms with Crippen molar-refractivity contribution in [1.82, 2.24) is 0 Å². The minimum absolute atomic E-state index is 0.577. The molecule has 0 amide bonds. The number of hydrogen-bond donors (Lipinski definition) is 1. The second-order valence-electron chi connectivity index (χ2n) is 2.91. The number of aliphatic hydroxyl groups is 1. The molecule has 15 heavy (non-hydrogen) atoms. The third kappa shape index (κ3) is 2.18. The first-order valence-electron chi connectivity index (χ1n) is 4.99. The molecular weight excluding hydrogens is 209 g/mol. The first-order chi connectivity index (χ1) is 7.59. The molecule has 0 aliphatic heterocycles. The van der Waals surface area contributed by atoms with E-state index in [1.807, 2.05) is 0 Å². The second kappa shape index (κ2) is 4.02. The summed E-state index contributed by atoms with van der Waals surface area (Å²) in [7, 11) is 0. The number of alkyl halides is 2. The lowest BCUT2D eigenvalue weighted by molar-refractivity contribution is -0.0583. The third-order valence-corrected chi connectivity index (χ3v) is 1.86. The molecule has 82 valence electrons. The predicted octanol–water partition coefficient (Wildman–Crippen LogP) is 2.11. The lowest BCUT2D eigenvalue weighted by atomic mass is 10.0. The number of rotatable bonds is 3. The zero-order valence-corrected chi connectivity index (χ0v) is 7.72. The topological polar surface area (TPSA) is 37.3 Å². The smallest absolute Gasteiger partial charge is 0.298 e. The van der Waals surface area contributed by atoms with Crippen LogP contribution in [0.4, 0.5) is 13.2 Å². The van der Waals surface area contributed by atoms with Gasteiger partial charge in [-0.2, -0.15) is 8.78 Å². The summed E-state index contributed by atoms with van der Waals surface area (Å²) in [4.78, 5) is 11.0. The van der Waals surface area contributed by atoms with E-state index < -0.39 is 35.2 Å². The summed E-state index contributed by atoms with van der Waals surface area (Å²) in [5, 5.41) is 8.68. The fraction of sp³-hybridized carbons (Fsp3) is 0.300. The summed E-state index contributed by atoms with van der Waals surface area (Å²) >= 11 is 0. The molecule has 0 saturated carbocycles. The first-order valence-corrected chi connectivity index (χ1v) is 3.99. The maximum atomic E-state index is 13.6. The molecule has 0 bridgehead atoms. The van der Waals surface area contributed by atoms with Crippen LogP contribution in [-0.4, -0.2) is 17.4 Å². The molecule has 1 aromatic rings. The number of carbonyl (C=O) groups excluding carboxylic acids is 1. The molecule has 0 unspecified atom stereocenters. The van der Waals surface area contributed by atoms with Crippen LogP contribution in [0.15, 0.2) is 18.2 Å². The molecular formula is C10H9F3O2. The van der Waals surface area contributed by atoms with Crippen LogP contribution in [0.5, 0.6) is 0 Å². The van der Waals surface area contributed by atoms with Crippen LogP contribution in [0, 0.1) is 5.82 Å². The Balaban J connectivity index is 3.44. The fourth-order valence-corrected chi connectivity index (χ4v) is 1.11. The quantitative estimate of drug-likeness (QED) is 0.792. The van der Waals surface area contributed by atoms with Crippen molar-refractivity contribution in [3.63, 3.8) is 0 Å². The summed E-state index contributed by atoms with van der Waals surface area (Å²) in [5.41, 5.74) is -1.93. The Labute approximate surface area is 87.2 Å². The SMILES string of the molecule is [2H]C([2H])(O)C(F)(F)c1cccc(C(C)=O)c1F. The van der Waals surface area contributed by atoms with Crippen molar-refractivity contribution < 1.29 is 25.8 Å². The van der Waals surface area contributed by atoms with Gasteiger partial charge in [0.15, 0.2) is 5.78 Å². The third-order valence-electron chi connectivity index (χ3n) is 1.86. The van der Waals surface area contributed by atoms with Gasteiger partial charge in [-0.15, -0.1) is 0 Å². The lowest BCUT2D eigenvalue weighted by Gasteiger charge is -2.15. The Hall–Kier alpha value is -1.36. The predicted molar refractivity (Wildman–Crippen MR) is 47.4 cm³/mol. The highest BCUT2D eigenvalue weighted by Crippen LogP contribution is 2.30. The average Bonchev–Trinajstić information content (AvgIpc) is 2.15. The highest BCUT2D eigenvalue weighted by atomic mass is 19.3. The van der Waals surface area contributed by atoms with Gasteiger partial charge in [-0.25, -0.2) is 4.39 Å². The number of Topliss-reactive ketones (excluding diaryl/α,β-unsaturated/α-hetero) is 1. The molecule has 1 N–H and O–H groups in total. The van der Waals surface area contributed by atoms with E-state index in [4.69, 9.17) is 7.85 Å². The highest BCUT2D eigenvalue weighted by molar-refractivity contribution is 5.94. The van der Waals surface area contributed by atoms with Crippen molar-refractivity contribution in [2.75, 3.05) is 6.56 Å². The summed E-state index contributed by atoms with van der Waals surface area (Å²) < 4.78 is 53.5. The van der Waals surface area contributed by atoms with Gasteiger partial charge in [-0.05, 0) is 19.1 Å². The largest absolute Gasteiger partial charge is 0.390 e. The maximum absolute atomic E-state index is 13.6. The molecule has 1 rings (SSSR count).